The molecule has 2 aromatic rings. The van der Waals surface area contributed by atoms with Gasteiger partial charge in [0.05, 0.1) is 12.0 Å². The van der Waals surface area contributed by atoms with Gasteiger partial charge in [0.25, 0.3) is 0 Å². The molecule has 1 unspecified atom stereocenters. The van der Waals surface area contributed by atoms with Crippen LogP contribution in [-0.4, -0.2) is 5.78 Å². The summed E-state index contributed by atoms with van der Waals surface area (Å²) < 4.78 is 5.94. The molecule has 0 aromatic heterocycles. The number of benzene rings is 2. The van der Waals surface area contributed by atoms with Crippen LogP contribution in [0.4, 0.5) is 0 Å². The quantitative estimate of drug-likeness (QED) is 0.771. The Labute approximate surface area is 117 Å². The second-order valence-electron chi connectivity index (χ2n) is 4.74. The Morgan fingerprint density at radius 3 is 2.68 bits per heavy atom. The van der Waals surface area contributed by atoms with E-state index in [-0.39, 0.29) is 11.9 Å². The van der Waals surface area contributed by atoms with Gasteiger partial charge in [-0.25, -0.2) is 0 Å². The highest BCUT2D eigenvalue weighted by molar-refractivity contribution is 6.31. The summed E-state index contributed by atoms with van der Waals surface area (Å²) in [6, 6.07) is 13.3. The Balaban J connectivity index is 2.00. The Morgan fingerprint density at radius 2 is 1.95 bits per heavy atom. The van der Waals surface area contributed by atoms with E-state index in [2.05, 4.69) is 0 Å². The Kier molecular flexibility index (Phi) is 3.03. The van der Waals surface area contributed by atoms with E-state index in [1.807, 2.05) is 43.3 Å². The van der Waals surface area contributed by atoms with Crippen LogP contribution in [0.3, 0.4) is 0 Å². The average molecular weight is 273 g/mol. The molecule has 0 spiro atoms. The van der Waals surface area contributed by atoms with Gasteiger partial charge in [-0.1, -0.05) is 41.9 Å². The third-order valence-corrected chi connectivity index (χ3v) is 3.78. The number of carbonyl (C=O) groups is 1. The fourth-order valence-corrected chi connectivity index (χ4v) is 2.46. The lowest BCUT2D eigenvalue weighted by Crippen LogP contribution is -2.20. The Morgan fingerprint density at radius 1 is 1.21 bits per heavy atom. The summed E-state index contributed by atoms with van der Waals surface area (Å²) in [5.41, 5.74) is 2.53. The van der Waals surface area contributed by atoms with Gasteiger partial charge >= 0.3 is 0 Å². The molecular formula is C16H13ClO2. The highest BCUT2D eigenvalue weighted by atomic mass is 35.5. The summed E-state index contributed by atoms with van der Waals surface area (Å²) in [7, 11) is 0. The zero-order valence-electron chi connectivity index (χ0n) is 10.5. The number of hydrogen-bond donors (Lipinski definition) is 0. The monoisotopic (exact) mass is 272 g/mol. The predicted octanol–water partition coefficient (Wildman–Crippen LogP) is 4.35. The van der Waals surface area contributed by atoms with E-state index in [0.29, 0.717) is 22.8 Å². The molecule has 0 bridgehead atoms. The van der Waals surface area contributed by atoms with E-state index in [4.69, 9.17) is 16.3 Å². The van der Waals surface area contributed by atoms with Gasteiger partial charge < -0.3 is 4.74 Å². The van der Waals surface area contributed by atoms with Crippen molar-refractivity contribution in [2.24, 2.45) is 0 Å². The first-order valence-electron chi connectivity index (χ1n) is 6.20. The fraction of sp³-hybridized carbons (Fsp3) is 0.188. The van der Waals surface area contributed by atoms with Gasteiger partial charge in [0, 0.05) is 5.02 Å². The summed E-state index contributed by atoms with van der Waals surface area (Å²) >= 11 is 6.06. The van der Waals surface area contributed by atoms with Crippen LogP contribution in [0.2, 0.25) is 5.02 Å². The van der Waals surface area contributed by atoms with Crippen LogP contribution in [0.15, 0.2) is 42.5 Å². The second-order valence-corrected chi connectivity index (χ2v) is 5.15. The SMILES string of the molecule is Cc1cc2c(cc1Cl)C(=O)CC(c1ccccc1)O2. The second kappa shape index (κ2) is 4.71. The smallest absolute Gasteiger partial charge is 0.170 e. The van der Waals surface area contributed by atoms with Crippen LogP contribution in [0.25, 0.3) is 0 Å². The van der Waals surface area contributed by atoms with Gasteiger partial charge in [0.1, 0.15) is 11.9 Å². The summed E-state index contributed by atoms with van der Waals surface area (Å²) in [4.78, 5) is 12.2. The molecule has 0 saturated carbocycles. The summed E-state index contributed by atoms with van der Waals surface area (Å²) in [5, 5.41) is 0.605. The van der Waals surface area contributed by atoms with E-state index >= 15 is 0 Å². The first kappa shape index (κ1) is 12.2. The number of Topliss-reactive ketones (excluding diaryl/α,β-unsaturated/α-hetero) is 1. The van der Waals surface area contributed by atoms with Gasteiger partial charge in [-0.15, -0.1) is 0 Å². The molecule has 96 valence electrons. The number of ether oxygens (including phenoxy) is 1. The fourth-order valence-electron chi connectivity index (χ4n) is 2.30. The normalized spacial score (nSPS) is 17.8. The molecule has 1 heterocycles. The molecule has 0 amide bonds. The lowest BCUT2D eigenvalue weighted by Gasteiger charge is -2.26. The minimum absolute atomic E-state index is 0.0806. The first-order valence-corrected chi connectivity index (χ1v) is 6.58. The predicted molar refractivity (Wildman–Crippen MR) is 74.9 cm³/mol. The van der Waals surface area contributed by atoms with E-state index in [1.165, 1.54) is 0 Å². The molecule has 0 radical (unpaired) electrons. The van der Waals surface area contributed by atoms with Crippen molar-refractivity contribution in [1.29, 1.82) is 0 Å². The van der Waals surface area contributed by atoms with E-state index in [1.54, 1.807) is 6.07 Å². The number of ketones is 1. The number of fused-ring (bicyclic) bond motifs is 1. The van der Waals surface area contributed by atoms with Crippen LogP contribution >= 0.6 is 11.6 Å². The lowest BCUT2D eigenvalue weighted by molar-refractivity contribution is 0.0850. The lowest BCUT2D eigenvalue weighted by atomic mass is 9.95. The average Bonchev–Trinajstić information content (AvgIpc) is 2.42. The standard InChI is InChI=1S/C16H13ClO2/c1-10-7-16-12(8-13(10)17)14(18)9-15(19-16)11-5-3-2-4-6-11/h2-8,15H,9H2,1H3. The van der Waals surface area contributed by atoms with Crippen LogP contribution in [0.1, 0.15) is 34.0 Å². The van der Waals surface area contributed by atoms with Crippen LogP contribution in [0.5, 0.6) is 5.75 Å². The molecule has 3 heteroatoms. The molecule has 0 fully saturated rings. The van der Waals surface area contributed by atoms with Crippen molar-refractivity contribution in [3.63, 3.8) is 0 Å². The van der Waals surface area contributed by atoms with Crippen LogP contribution in [-0.2, 0) is 0 Å². The maximum atomic E-state index is 12.2. The minimum atomic E-state index is -0.207. The van der Waals surface area contributed by atoms with E-state index in [9.17, 15) is 4.79 Å². The first-order chi connectivity index (χ1) is 9.15. The van der Waals surface area contributed by atoms with Crippen LogP contribution in [0, 0.1) is 6.92 Å². The number of rotatable bonds is 1. The molecule has 1 aliphatic heterocycles. The summed E-state index contributed by atoms with van der Waals surface area (Å²) in [5.74, 6) is 0.712. The Bertz CT molecular complexity index is 635. The molecule has 1 aliphatic rings. The molecule has 0 aliphatic carbocycles. The Hall–Kier alpha value is -1.80. The number of carbonyl (C=O) groups excluding carboxylic acids is 1. The van der Waals surface area contributed by atoms with Crippen molar-refractivity contribution in [3.8, 4) is 5.75 Å². The van der Waals surface area contributed by atoms with Gasteiger partial charge in [-0.2, -0.15) is 0 Å². The molecule has 0 saturated heterocycles. The summed E-state index contributed by atoms with van der Waals surface area (Å²) in [6.07, 6.45) is 0.151. The third-order valence-electron chi connectivity index (χ3n) is 3.37. The highest BCUT2D eigenvalue weighted by Gasteiger charge is 2.28. The van der Waals surface area contributed by atoms with Crippen molar-refractivity contribution < 1.29 is 9.53 Å². The molecule has 0 N–H and O–H groups in total. The molecule has 2 aromatic carbocycles. The van der Waals surface area contributed by atoms with Gasteiger partial charge in [-0.05, 0) is 30.2 Å². The largest absolute Gasteiger partial charge is 0.484 e. The van der Waals surface area contributed by atoms with E-state index in [0.717, 1.165) is 11.1 Å². The van der Waals surface area contributed by atoms with Crippen molar-refractivity contribution in [1.82, 2.24) is 0 Å². The molecule has 3 rings (SSSR count). The maximum Gasteiger partial charge on any atom is 0.170 e. The van der Waals surface area contributed by atoms with Crippen molar-refractivity contribution >= 4 is 17.4 Å². The topological polar surface area (TPSA) is 26.3 Å². The number of aryl methyl sites for hydroxylation is 1. The number of hydrogen-bond acceptors (Lipinski definition) is 2. The minimum Gasteiger partial charge on any atom is -0.484 e. The highest BCUT2D eigenvalue weighted by Crippen LogP contribution is 2.37. The van der Waals surface area contributed by atoms with Crippen LogP contribution < -0.4 is 4.74 Å². The van der Waals surface area contributed by atoms with Gasteiger partial charge in [0.15, 0.2) is 5.78 Å². The van der Waals surface area contributed by atoms with E-state index < -0.39 is 0 Å². The third kappa shape index (κ3) is 2.24. The zero-order chi connectivity index (χ0) is 13.4. The van der Waals surface area contributed by atoms with Crippen molar-refractivity contribution in [2.45, 2.75) is 19.4 Å². The van der Waals surface area contributed by atoms with Crippen molar-refractivity contribution in [2.75, 3.05) is 0 Å². The molecule has 2 nitrogen and oxygen atoms in total. The summed E-state index contributed by atoms with van der Waals surface area (Å²) in [6.45, 7) is 1.91. The van der Waals surface area contributed by atoms with Gasteiger partial charge in [0.2, 0.25) is 0 Å². The maximum absolute atomic E-state index is 12.2. The molecular weight excluding hydrogens is 260 g/mol. The van der Waals surface area contributed by atoms with Gasteiger partial charge in [-0.3, -0.25) is 4.79 Å². The zero-order valence-corrected chi connectivity index (χ0v) is 11.3. The molecule has 1 atom stereocenters. The van der Waals surface area contributed by atoms with Crippen molar-refractivity contribution in [3.05, 3.63) is 64.2 Å². The molecule has 19 heavy (non-hydrogen) atoms. The number of halogens is 1.